The topological polar surface area (TPSA) is 90.0 Å². The third-order valence-electron chi connectivity index (χ3n) is 6.36. The van der Waals surface area contributed by atoms with Gasteiger partial charge in [0.05, 0.1) is 0 Å². The van der Waals surface area contributed by atoms with E-state index in [2.05, 4.69) is 5.32 Å². The first-order chi connectivity index (χ1) is 15.6. The Labute approximate surface area is 194 Å². The number of hydrogen-bond acceptors (Lipinski definition) is 3. The molecule has 1 saturated carbocycles. The van der Waals surface area contributed by atoms with Crippen LogP contribution in [0, 0.1) is 0 Å². The van der Waals surface area contributed by atoms with Crippen molar-refractivity contribution in [2.24, 2.45) is 0 Å². The second-order valence-electron chi connectivity index (χ2n) is 9.86. The summed E-state index contributed by atoms with van der Waals surface area (Å²) < 4.78 is 0. The van der Waals surface area contributed by atoms with Crippen LogP contribution in [0.4, 0.5) is 16.2 Å². The Morgan fingerprint density at radius 1 is 1.09 bits per heavy atom. The number of amides is 3. The Kier molecular flexibility index (Phi) is 6.15. The number of hydrogen-bond donors (Lipinski definition) is 2. The van der Waals surface area contributed by atoms with Gasteiger partial charge in [-0.1, -0.05) is 18.2 Å². The molecule has 4 rings (SSSR count). The van der Waals surface area contributed by atoms with Gasteiger partial charge in [-0.15, -0.1) is 0 Å². The molecule has 0 spiro atoms. The van der Waals surface area contributed by atoms with Gasteiger partial charge in [-0.05, 0) is 75.9 Å². The van der Waals surface area contributed by atoms with Crippen molar-refractivity contribution >= 4 is 29.3 Å². The molecule has 0 unspecified atom stereocenters. The quantitative estimate of drug-likeness (QED) is 0.665. The van der Waals surface area contributed by atoms with Crippen molar-refractivity contribution in [3.63, 3.8) is 0 Å². The number of nitrogens with zero attached hydrogens (tertiary/aromatic N) is 2. The molecule has 1 aliphatic carbocycles. The number of carbonyl (C=O) groups excluding carboxylic acids is 2. The largest absolute Gasteiger partial charge is 0.465 e. The van der Waals surface area contributed by atoms with Gasteiger partial charge < -0.3 is 15.3 Å². The highest BCUT2D eigenvalue weighted by Crippen LogP contribution is 2.47. The van der Waals surface area contributed by atoms with E-state index in [1.165, 1.54) is 4.90 Å². The number of carboxylic acid groups (broad SMARTS) is 1. The molecule has 2 fully saturated rings. The molecule has 7 heteroatoms. The molecule has 2 atom stereocenters. The van der Waals surface area contributed by atoms with Crippen molar-refractivity contribution in [2.75, 3.05) is 16.8 Å². The van der Waals surface area contributed by atoms with E-state index in [0.717, 1.165) is 30.5 Å². The summed E-state index contributed by atoms with van der Waals surface area (Å²) in [5, 5.41) is 12.5. The number of nitrogens with one attached hydrogen (secondary N) is 1. The second kappa shape index (κ2) is 8.89. The van der Waals surface area contributed by atoms with E-state index in [1.807, 2.05) is 51.1 Å². The Morgan fingerprint density at radius 3 is 2.45 bits per heavy atom. The predicted molar refractivity (Wildman–Crippen MR) is 128 cm³/mol. The van der Waals surface area contributed by atoms with E-state index in [0.29, 0.717) is 24.2 Å². The molecule has 2 aliphatic rings. The third kappa shape index (κ3) is 5.02. The fourth-order valence-electron chi connectivity index (χ4n) is 4.66. The van der Waals surface area contributed by atoms with Gasteiger partial charge in [-0.3, -0.25) is 14.5 Å². The zero-order valence-electron chi connectivity index (χ0n) is 19.4. The van der Waals surface area contributed by atoms with Crippen LogP contribution < -0.4 is 10.2 Å². The lowest BCUT2D eigenvalue weighted by atomic mass is 10.0. The van der Waals surface area contributed by atoms with Gasteiger partial charge in [0.15, 0.2) is 0 Å². The lowest BCUT2D eigenvalue weighted by Gasteiger charge is -2.33. The van der Waals surface area contributed by atoms with E-state index in [4.69, 9.17) is 0 Å². The van der Waals surface area contributed by atoms with Crippen LogP contribution in [0.2, 0.25) is 0 Å². The van der Waals surface area contributed by atoms with Crippen LogP contribution in [0.3, 0.4) is 0 Å². The van der Waals surface area contributed by atoms with Gasteiger partial charge in [0.25, 0.3) is 5.91 Å². The van der Waals surface area contributed by atoms with Crippen molar-refractivity contribution in [1.29, 1.82) is 0 Å². The Balaban J connectivity index is 1.41. The van der Waals surface area contributed by atoms with Gasteiger partial charge in [0, 0.05) is 47.4 Å². The predicted octanol–water partition coefficient (Wildman–Crippen LogP) is 5.09. The standard InChI is InChI=1S/C26H31N3O4/c1-26(2,3)29(25(32)33)22-16-21(22)17-10-12-19(13-11-17)27-24(31)18-7-6-8-20(15-18)28-14-5-4-9-23(28)30/h6-8,10-13,15,21-22H,4-5,9,14,16H2,1-3H3,(H,27,31)(H,32,33)/t21-,22+/m0/s1. The monoisotopic (exact) mass is 449 g/mol. The fraction of sp³-hybridized carbons (Fsp3) is 0.423. The van der Waals surface area contributed by atoms with Crippen LogP contribution in [0.1, 0.15) is 68.3 Å². The fourth-order valence-corrected chi connectivity index (χ4v) is 4.66. The highest BCUT2D eigenvalue weighted by Gasteiger charge is 2.48. The minimum atomic E-state index is -0.896. The summed E-state index contributed by atoms with van der Waals surface area (Å²) in [6, 6.07) is 14.7. The van der Waals surface area contributed by atoms with Gasteiger partial charge >= 0.3 is 6.09 Å². The average Bonchev–Trinajstić information content (AvgIpc) is 3.53. The van der Waals surface area contributed by atoms with E-state index >= 15 is 0 Å². The van der Waals surface area contributed by atoms with Crippen molar-refractivity contribution in [3.05, 3.63) is 59.7 Å². The summed E-state index contributed by atoms with van der Waals surface area (Å²) in [5.41, 5.74) is 2.54. The molecule has 7 nitrogen and oxygen atoms in total. The van der Waals surface area contributed by atoms with E-state index in [9.17, 15) is 19.5 Å². The maximum Gasteiger partial charge on any atom is 0.408 e. The number of benzene rings is 2. The van der Waals surface area contributed by atoms with Crippen LogP contribution in [-0.4, -0.2) is 46.0 Å². The van der Waals surface area contributed by atoms with Gasteiger partial charge in [0.2, 0.25) is 5.91 Å². The summed E-state index contributed by atoms with van der Waals surface area (Å²) in [4.78, 5) is 40.0. The number of piperidine rings is 1. The Hall–Kier alpha value is -3.35. The highest BCUT2D eigenvalue weighted by atomic mass is 16.4. The van der Waals surface area contributed by atoms with E-state index in [1.54, 1.807) is 23.1 Å². The maximum absolute atomic E-state index is 12.8. The first-order valence-electron chi connectivity index (χ1n) is 11.5. The molecule has 0 bridgehead atoms. The summed E-state index contributed by atoms with van der Waals surface area (Å²) in [6.45, 7) is 6.41. The minimum absolute atomic E-state index is 0.0248. The lowest BCUT2D eigenvalue weighted by Crippen LogP contribution is -2.46. The van der Waals surface area contributed by atoms with Crippen molar-refractivity contribution < 1.29 is 19.5 Å². The van der Waals surface area contributed by atoms with Crippen molar-refractivity contribution in [1.82, 2.24) is 4.90 Å². The molecule has 2 N–H and O–H groups in total. The summed E-state index contributed by atoms with van der Waals surface area (Å²) in [6.07, 6.45) is 2.34. The molecule has 1 aliphatic heterocycles. The van der Waals surface area contributed by atoms with Crippen LogP contribution in [-0.2, 0) is 4.79 Å². The molecule has 0 radical (unpaired) electrons. The van der Waals surface area contributed by atoms with Gasteiger partial charge in [-0.2, -0.15) is 0 Å². The summed E-state index contributed by atoms with van der Waals surface area (Å²) in [5.74, 6) is 0.0349. The first-order valence-corrected chi connectivity index (χ1v) is 11.5. The molecular weight excluding hydrogens is 418 g/mol. The molecule has 1 saturated heterocycles. The SMILES string of the molecule is CC(C)(C)N(C(=O)O)[C@@H]1C[C@H]1c1ccc(NC(=O)c2cccc(N3CCCCC3=O)c2)cc1. The maximum atomic E-state index is 12.8. The molecule has 1 heterocycles. The number of carbonyl (C=O) groups is 3. The molecule has 174 valence electrons. The van der Waals surface area contributed by atoms with Crippen molar-refractivity contribution in [2.45, 2.75) is 64.0 Å². The zero-order chi connectivity index (χ0) is 23.8. The number of rotatable bonds is 5. The summed E-state index contributed by atoms with van der Waals surface area (Å²) in [7, 11) is 0. The van der Waals surface area contributed by atoms with Crippen LogP contribution >= 0.6 is 0 Å². The Morgan fingerprint density at radius 2 is 1.82 bits per heavy atom. The van der Waals surface area contributed by atoms with Crippen molar-refractivity contribution in [3.8, 4) is 0 Å². The minimum Gasteiger partial charge on any atom is -0.465 e. The molecule has 3 amide bonds. The normalized spacial score (nSPS) is 20.3. The first kappa shape index (κ1) is 22.8. The lowest BCUT2D eigenvalue weighted by molar-refractivity contribution is -0.119. The Bertz CT molecular complexity index is 1060. The molecule has 2 aromatic carbocycles. The van der Waals surface area contributed by atoms with Gasteiger partial charge in [0.1, 0.15) is 0 Å². The average molecular weight is 450 g/mol. The molecule has 33 heavy (non-hydrogen) atoms. The van der Waals surface area contributed by atoms with Crippen LogP contribution in [0.25, 0.3) is 0 Å². The second-order valence-corrected chi connectivity index (χ2v) is 9.86. The smallest absolute Gasteiger partial charge is 0.408 e. The molecule has 2 aromatic rings. The van der Waals surface area contributed by atoms with E-state index < -0.39 is 11.6 Å². The zero-order valence-corrected chi connectivity index (χ0v) is 19.4. The van der Waals surface area contributed by atoms with Crippen LogP contribution in [0.5, 0.6) is 0 Å². The number of anilines is 2. The van der Waals surface area contributed by atoms with E-state index in [-0.39, 0.29) is 23.8 Å². The molecule has 0 aromatic heterocycles. The van der Waals surface area contributed by atoms with Crippen LogP contribution in [0.15, 0.2) is 48.5 Å². The summed E-state index contributed by atoms with van der Waals surface area (Å²) >= 11 is 0. The van der Waals surface area contributed by atoms with Gasteiger partial charge in [-0.25, -0.2) is 4.79 Å². The highest BCUT2D eigenvalue weighted by molar-refractivity contribution is 6.05. The third-order valence-corrected chi connectivity index (χ3v) is 6.36. The molecular formula is C26H31N3O4.